The van der Waals surface area contributed by atoms with Crippen LogP contribution in [-0.2, 0) is 48.6 Å². The van der Waals surface area contributed by atoms with Gasteiger partial charge in [0.15, 0.2) is 0 Å². The number of hydrogen-bond acceptors (Lipinski definition) is 10. The van der Waals surface area contributed by atoms with Gasteiger partial charge in [0, 0.05) is 12.8 Å². The molecule has 0 aliphatic carbocycles. The number of alkyl carbamates (subject to hydrolysis) is 1. The zero-order valence-electron chi connectivity index (χ0n) is 38.3. The molecule has 0 radical (unpaired) electrons. The molecule has 0 aromatic heterocycles. The molecule has 0 bridgehead atoms. The number of carbonyl (C=O) groups excluding carboxylic acids is 8. The Morgan fingerprint density at radius 3 is 1.76 bits per heavy atom. The first-order valence-electron chi connectivity index (χ1n) is 21.7. The van der Waals surface area contributed by atoms with E-state index in [0.717, 1.165) is 7.11 Å². The number of esters is 1. The molecule has 17 nitrogen and oxygen atoms in total. The molecule has 1 heterocycles. The van der Waals surface area contributed by atoms with E-state index >= 15 is 0 Å². The van der Waals surface area contributed by atoms with Crippen LogP contribution in [0.1, 0.15) is 76.5 Å². The molecule has 7 amide bonds. The average Bonchev–Trinajstić information content (AvgIpc) is 3.30. The molecular weight excluding hydrogens is 859 g/mol. The van der Waals surface area contributed by atoms with Gasteiger partial charge in [-0.25, -0.2) is 9.59 Å². The lowest BCUT2D eigenvalue weighted by molar-refractivity contribution is -0.145. The van der Waals surface area contributed by atoms with Gasteiger partial charge in [0.2, 0.25) is 35.4 Å². The average molecular weight is 918 g/mol. The minimum Gasteiger partial charge on any atom is -0.467 e. The molecule has 3 aromatic carbocycles. The van der Waals surface area contributed by atoms with Crippen molar-refractivity contribution < 1.29 is 47.8 Å². The van der Waals surface area contributed by atoms with Crippen molar-refractivity contribution in [1.29, 1.82) is 0 Å². The molecule has 67 heavy (non-hydrogen) atoms. The fourth-order valence-corrected chi connectivity index (χ4v) is 7.07. The first kappa shape index (κ1) is 51.9. The third kappa shape index (κ3) is 14.9. The minimum absolute atomic E-state index is 0.00117. The van der Waals surface area contributed by atoms with Crippen LogP contribution in [0.25, 0.3) is 0 Å². The van der Waals surface area contributed by atoms with Crippen LogP contribution >= 0.6 is 0 Å². The van der Waals surface area contributed by atoms with E-state index in [1.165, 1.54) is 19.1 Å². The largest absolute Gasteiger partial charge is 0.467 e. The zero-order chi connectivity index (χ0) is 49.1. The van der Waals surface area contributed by atoms with Gasteiger partial charge in [-0.05, 0) is 57.2 Å². The second-order valence-electron chi connectivity index (χ2n) is 16.6. The van der Waals surface area contributed by atoms with Gasteiger partial charge in [0.1, 0.15) is 47.4 Å². The molecule has 7 N–H and O–H groups in total. The molecule has 0 saturated carbocycles. The van der Waals surface area contributed by atoms with Crippen molar-refractivity contribution in [2.45, 2.75) is 107 Å². The van der Waals surface area contributed by atoms with Crippen LogP contribution in [0.5, 0.6) is 0 Å². The normalized spacial score (nSPS) is 18.7. The molecule has 4 rings (SSSR count). The van der Waals surface area contributed by atoms with E-state index in [4.69, 9.17) is 9.47 Å². The predicted molar refractivity (Wildman–Crippen MR) is 249 cm³/mol. The molecule has 0 spiro atoms. The summed E-state index contributed by atoms with van der Waals surface area (Å²) in [5.41, 5.74) is -0.0328. The van der Waals surface area contributed by atoms with E-state index in [2.05, 4.69) is 62.2 Å². The summed E-state index contributed by atoms with van der Waals surface area (Å²) in [6, 6.07) is 19.5. The maximum absolute atomic E-state index is 14.5. The van der Waals surface area contributed by atoms with Crippen molar-refractivity contribution in [2.75, 3.05) is 7.11 Å². The van der Waals surface area contributed by atoms with Crippen molar-refractivity contribution in [3.63, 3.8) is 0 Å². The van der Waals surface area contributed by atoms with Gasteiger partial charge < -0.3 is 46.7 Å². The smallest absolute Gasteiger partial charge is 0.408 e. The van der Waals surface area contributed by atoms with E-state index in [0.29, 0.717) is 16.7 Å². The number of rotatable bonds is 16. The van der Waals surface area contributed by atoms with E-state index in [-0.39, 0.29) is 25.7 Å². The molecule has 17 heteroatoms. The van der Waals surface area contributed by atoms with Gasteiger partial charge in [-0.2, -0.15) is 0 Å². The lowest BCUT2D eigenvalue weighted by Gasteiger charge is -2.37. The molecule has 3 aromatic rings. The lowest BCUT2D eigenvalue weighted by atomic mass is 9.77. The fourth-order valence-electron chi connectivity index (χ4n) is 7.07. The second-order valence-corrected chi connectivity index (χ2v) is 16.6. The quantitative estimate of drug-likeness (QED) is 0.0480. The van der Waals surface area contributed by atoms with Gasteiger partial charge >= 0.3 is 12.1 Å². The van der Waals surface area contributed by atoms with Crippen LogP contribution < -0.4 is 37.2 Å². The van der Waals surface area contributed by atoms with Crippen LogP contribution in [0.15, 0.2) is 116 Å². The standard InChI is InChI=1S/C50H59N7O10/c1-8-21-36-44(61)55-40(31-41(58)57-50(33-23-13-10-14-24-33,34-25-15-11-16-26-34)35-27-17-12-18-28-35)46(63)54-39(47(64)66-7)30-20-19-29-38(45(62)53-36)52-42(59)32(3)51-43(60)37(22-9-2)56-48(65)67-49(4,5)6/h8-18,23-28,32,36-40H,1-2,21-22,29-31H2,3-7H3,(H,51,60)(H,52,59)(H,53,62)(H,54,63)(H,55,61)(H,56,65)(H,57,58)/t32-,36-,37-,38-,39?,40?/m0/s1. The SMILES string of the molecule is C=CC[C@H](NC(=O)OC(C)(C)C)C(=O)N[C@@H](C)C(=O)N[C@H]1CC#CCC(C(=O)OC)NC(=O)C(CC(=O)NC(c2ccccc2)(c2ccccc2)c2ccccc2)NC(=O)[C@H](CC=C)NC1=O. The maximum Gasteiger partial charge on any atom is 0.408 e. The van der Waals surface area contributed by atoms with Crippen LogP contribution in [0.4, 0.5) is 4.79 Å². The van der Waals surface area contributed by atoms with Gasteiger partial charge in [-0.3, -0.25) is 28.8 Å². The van der Waals surface area contributed by atoms with Crippen LogP contribution in [0.2, 0.25) is 0 Å². The second kappa shape index (κ2) is 24.5. The number of methoxy groups -OCH3 is 1. The summed E-state index contributed by atoms with van der Waals surface area (Å²) in [6.45, 7) is 13.6. The van der Waals surface area contributed by atoms with E-state index in [1.54, 1.807) is 20.8 Å². The predicted octanol–water partition coefficient (Wildman–Crippen LogP) is 2.94. The summed E-state index contributed by atoms with van der Waals surface area (Å²) >= 11 is 0. The van der Waals surface area contributed by atoms with E-state index in [9.17, 15) is 38.4 Å². The molecule has 0 saturated heterocycles. The molecule has 1 aliphatic rings. The highest BCUT2D eigenvalue weighted by Crippen LogP contribution is 2.37. The number of ether oxygens (including phenoxy) is 2. The lowest BCUT2D eigenvalue weighted by Crippen LogP contribution is -2.60. The minimum atomic E-state index is -1.62. The Morgan fingerprint density at radius 2 is 1.25 bits per heavy atom. The van der Waals surface area contributed by atoms with Crippen LogP contribution in [-0.4, -0.2) is 96.5 Å². The fraction of sp³-hybridized carbons (Fsp3) is 0.360. The topological polar surface area (TPSA) is 239 Å². The highest BCUT2D eigenvalue weighted by molar-refractivity contribution is 5.98. The molecule has 354 valence electrons. The zero-order valence-corrected chi connectivity index (χ0v) is 38.3. The summed E-state index contributed by atoms with van der Waals surface area (Å²) < 4.78 is 10.2. The van der Waals surface area contributed by atoms with E-state index in [1.807, 2.05) is 91.0 Å². The van der Waals surface area contributed by atoms with Crippen molar-refractivity contribution in [3.8, 4) is 11.8 Å². The summed E-state index contributed by atoms with van der Waals surface area (Å²) in [5.74, 6) is -0.282. The van der Waals surface area contributed by atoms with Crippen molar-refractivity contribution in [1.82, 2.24) is 37.2 Å². The molecule has 0 fully saturated rings. The number of nitrogens with one attached hydrogen (secondary N) is 7. The first-order valence-corrected chi connectivity index (χ1v) is 21.7. The Labute approximate surface area is 390 Å². The highest BCUT2D eigenvalue weighted by atomic mass is 16.6. The van der Waals surface area contributed by atoms with Gasteiger partial charge in [0.25, 0.3) is 0 Å². The molecule has 2 unspecified atom stereocenters. The Hall–Kier alpha value is -7.74. The van der Waals surface area contributed by atoms with Crippen LogP contribution in [0.3, 0.4) is 0 Å². The number of benzene rings is 3. The van der Waals surface area contributed by atoms with Gasteiger partial charge in [0.05, 0.1) is 13.5 Å². The third-order valence-corrected chi connectivity index (χ3v) is 10.3. The summed E-state index contributed by atoms with van der Waals surface area (Å²) in [6.07, 6.45) is 0.443. The monoisotopic (exact) mass is 917 g/mol. The van der Waals surface area contributed by atoms with Crippen molar-refractivity contribution in [3.05, 3.63) is 133 Å². The Balaban J connectivity index is 1.64. The number of hydrogen-bond donors (Lipinski definition) is 7. The molecular formula is C50H59N7O10. The molecule has 6 atom stereocenters. The number of carbonyl (C=O) groups is 8. The Morgan fingerprint density at radius 1 is 0.731 bits per heavy atom. The van der Waals surface area contributed by atoms with Crippen LogP contribution in [0, 0.1) is 11.8 Å². The Bertz CT molecular complexity index is 2230. The Kier molecular flexibility index (Phi) is 19.0. The third-order valence-electron chi connectivity index (χ3n) is 10.3. The molecule has 1 aliphatic heterocycles. The first-order chi connectivity index (χ1) is 31.9. The van der Waals surface area contributed by atoms with Gasteiger partial charge in [-0.15, -0.1) is 25.0 Å². The summed E-state index contributed by atoms with van der Waals surface area (Å²) in [4.78, 5) is 109. The van der Waals surface area contributed by atoms with Crippen molar-refractivity contribution >= 4 is 47.5 Å². The summed E-state index contributed by atoms with van der Waals surface area (Å²) in [7, 11) is 1.11. The highest BCUT2D eigenvalue weighted by Gasteiger charge is 2.40. The maximum atomic E-state index is 14.5. The number of amides is 7. The van der Waals surface area contributed by atoms with Crippen molar-refractivity contribution in [2.24, 2.45) is 0 Å². The summed E-state index contributed by atoms with van der Waals surface area (Å²) in [5, 5.41) is 18.4. The van der Waals surface area contributed by atoms with Gasteiger partial charge in [-0.1, -0.05) is 103 Å². The van der Waals surface area contributed by atoms with E-state index < -0.39 is 101 Å².